The van der Waals surface area contributed by atoms with E-state index in [-0.39, 0.29) is 23.7 Å². The summed E-state index contributed by atoms with van der Waals surface area (Å²) in [7, 11) is 1.82. The number of morpholine rings is 1. The van der Waals surface area contributed by atoms with E-state index in [9.17, 15) is 13.6 Å². The standard InChI is InChI=1S/C39H41F2N11O3/c1-24-45-32-7-3-5-28-31-6-4-8-35(47-31)46-26-18-34(39(53)48(2)21-27(22-50(24)36(28)32)55-16-13-49-11-14-54-15-12-49)51(20-26)37-29-19-44-52(38(29)43-23-42-37)33-10-9-25(40)17-30(33)41/h3-10,17,19,23,26-27,34H,11-16,18,20-22H2,1-2H3,(H,46,47)/t26-,27-,34-/m0/s1. The average molecular weight is 750 g/mol. The van der Waals surface area contributed by atoms with Crippen LogP contribution in [0.25, 0.3) is 39.0 Å². The third-order valence-electron chi connectivity index (χ3n) is 10.8. The molecule has 2 aromatic carbocycles. The van der Waals surface area contributed by atoms with Crippen molar-refractivity contribution in [1.82, 2.24) is 44.1 Å². The van der Waals surface area contributed by atoms with Crippen molar-refractivity contribution in [3.63, 3.8) is 0 Å². The van der Waals surface area contributed by atoms with Gasteiger partial charge >= 0.3 is 0 Å². The lowest BCUT2D eigenvalue weighted by molar-refractivity contribution is -0.133. The Morgan fingerprint density at radius 1 is 1.00 bits per heavy atom. The van der Waals surface area contributed by atoms with Gasteiger partial charge in [-0.05, 0) is 43.7 Å². The number of amides is 1. The lowest BCUT2D eigenvalue weighted by atomic mass is 10.1. The Hall–Kier alpha value is -5.58. The summed E-state index contributed by atoms with van der Waals surface area (Å²) in [5.74, 6) is 0.443. The fourth-order valence-corrected chi connectivity index (χ4v) is 8.09. The van der Waals surface area contributed by atoms with Crippen LogP contribution in [0.1, 0.15) is 12.2 Å². The topological polar surface area (TPSA) is 132 Å². The summed E-state index contributed by atoms with van der Waals surface area (Å²) in [6.45, 7) is 7.58. The molecule has 9 rings (SSSR count). The van der Waals surface area contributed by atoms with Crippen LogP contribution in [-0.2, 0) is 20.8 Å². The second-order valence-electron chi connectivity index (χ2n) is 14.3. The van der Waals surface area contributed by atoms with E-state index < -0.39 is 17.7 Å². The van der Waals surface area contributed by atoms with Gasteiger partial charge < -0.3 is 29.2 Å². The summed E-state index contributed by atoms with van der Waals surface area (Å²) in [6, 6.07) is 14.5. The second-order valence-corrected chi connectivity index (χ2v) is 14.3. The predicted octanol–water partition coefficient (Wildman–Crippen LogP) is 4.06. The van der Waals surface area contributed by atoms with Crippen molar-refractivity contribution in [3.8, 4) is 16.9 Å². The molecule has 0 radical (unpaired) electrons. The number of carbonyl (C=O) groups excluding carboxylic acids is 1. The first kappa shape index (κ1) is 35.1. The number of ether oxygens (including phenoxy) is 2. The molecule has 0 aliphatic carbocycles. The monoisotopic (exact) mass is 749 g/mol. The Morgan fingerprint density at radius 3 is 2.71 bits per heavy atom. The molecule has 0 spiro atoms. The molecule has 16 heteroatoms. The summed E-state index contributed by atoms with van der Waals surface area (Å²) >= 11 is 0. The van der Waals surface area contributed by atoms with Crippen molar-refractivity contribution in [1.29, 1.82) is 0 Å². The molecule has 14 nitrogen and oxygen atoms in total. The number of nitrogens with zero attached hydrogens (tertiary/aromatic N) is 10. The van der Waals surface area contributed by atoms with Gasteiger partial charge in [0.15, 0.2) is 11.5 Å². The van der Waals surface area contributed by atoms with Crippen LogP contribution in [0.2, 0.25) is 0 Å². The Labute approximate surface area is 315 Å². The Bertz CT molecular complexity index is 2380. The van der Waals surface area contributed by atoms with Crippen LogP contribution < -0.4 is 10.2 Å². The van der Waals surface area contributed by atoms with Gasteiger partial charge in [0.1, 0.15) is 41.3 Å². The molecule has 284 valence electrons. The Morgan fingerprint density at radius 2 is 1.85 bits per heavy atom. The zero-order chi connectivity index (χ0) is 37.6. The number of pyridine rings is 1. The van der Waals surface area contributed by atoms with Gasteiger partial charge in [-0.15, -0.1) is 0 Å². The number of rotatable bonds is 6. The molecule has 55 heavy (non-hydrogen) atoms. The van der Waals surface area contributed by atoms with Crippen LogP contribution in [0, 0.1) is 18.6 Å². The normalized spacial score (nSPS) is 20.9. The minimum absolute atomic E-state index is 0.0495. The number of imidazole rings is 1. The predicted molar refractivity (Wildman–Crippen MR) is 202 cm³/mol. The van der Waals surface area contributed by atoms with Gasteiger partial charge in [-0.1, -0.05) is 18.2 Å². The SMILES string of the molecule is Cc1nc2cccc3c2n1C[C@@H](OCCN1CCOCC1)CN(C)C(=O)[C@@H]1C[C@@H](CN1c1ncnc2c1cnn2-c1ccc(F)cc1F)Nc1cccc-3n1. The fraction of sp³-hybridized carbons (Fsp3) is 0.385. The minimum atomic E-state index is -0.774. The number of halogens is 2. The van der Waals surface area contributed by atoms with E-state index in [0.717, 1.165) is 53.8 Å². The third kappa shape index (κ3) is 6.74. The summed E-state index contributed by atoms with van der Waals surface area (Å²) < 4.78 is 44.4. The molecule has 2 fully saturated rings. The van der Waals surface area contributed by atoms with Crippen LogP contribution in [-0.4, -0.2) is 128 Å². The second kappa shape index (κ2) is 14.6. The lowest BCUT2D eigenvalue weighted by Crippen LogP contribution is -2.48. The van der Waals surface area contributed by atoms with Gasteiger partial charge in [-0.3, -0.25) is 9.69 Å². The summed E-state index contributed by atoms with van der Waals surface area (Å²) in [6.07, 6.45) is 3.04. The quantitative estimate of drug-likeness (QED) is 0.265. The number of carbonyl (C=O) groups is 1. The van der Waals surface area contributed by atoms with Gasteiger partial charge in [0.2, 0.25) is 5.91 Å². The molecular weight excluding hydrogens is 708 g/mol. The number of hydrogen-bond acceptors (Lipinski definition) is 11. The molecule has 4 aromatic heterocycles. The maximum atomic E-state index is 14.9. The van der Waals surface area contributed by atoms with E-state index >= 15 is 0 Å². The first-order chi connectivity index (χ1) is 26.8. The Balaban J connectivity index is 1.10. The highest BCUT2D eigenvalue weighted by Crippen LogP contribution is 2.34. The highest BCUT2D eigenvalue weighted by molar-refractivity contribution is 5.93. The van der Waals surface area contributed by atoms with Crippen molar-refractivity contribution in [2.45, 2.75) is 38.1 Å². The molecule has 1 amide bonds. The Kier molecular flexibility index (Phi) is 9.31. The van der Waals surface area contributed by atoms with Gasteiger partial charge in [0.05, 0.1) is 60.8 Å². The zero-order valence-corrected chi connectivity index (χ0v) is 30.6. The number of aryl methyl sites for hydroxylation is 1. The highest BCUT2D eigenvalue weighted by atomic mass is 19.1. The fourth-order valence-electron chi connectivity index (χ4n) is 8.09. The molecule has 7 heterocycles. The van der Waals surface area contributed by atoms with Crippen molar-refractivity contribution < 1.29 is 23.0 Å². The smallest absolute Gasteiger partial charge is 0.245 e. The highest BCUT2D eigenvalue weighted by Gasteiger charge is 2.41. The number of nitrogens with one attached hydrogen (secondary N) is 1. The maximum Gasteiger partial charge on any atom is 0.245 e. The summed E-state index contributed by atoms with van der Waals surface area (Å²) in [5.41, 5.74) is 3.97. The first-order valence-corrected chi connectivity index (χ1v) is 18.6. The van der Waals surface area contributed by atoms with Crippen LogP contribution in [0.3, 0.4) is 0 Å². The average Bonchev–Trinajstić information content (AvgIpc) is 3.90. The number of para-hydroxylation sites is 1. The third-order valence-corrected chi connectivity index (χ3v) is 10.8. The number of fused-ring (bicyclic) bond motifs is 6. The van der Waals surface area contributed by atoms with Crippen molar-refractivity contribution in [2.24, 2.45) is 0 Å². The van der Waals surface area contributed by atoms with Crippen molar-refractivity contribution in [2.75, 3.05) is 69.8 Å². The van der Waals surface area contributed by atoms with Gasteiger partial charge in [0, 0.05) is 57.4 Å². The number of benzene rings is 2. The molecule has 0 unspecified atom stereocenters. The molecule has 3 atom stereocenters. The molecule has 0 saturated carbocycles. The molecular formula is C39H41F2N11O3. The van der Waals surface area contributed by atoms with Crippen LogP contribution in [0.15, 0.2) is 67.1 Å². The van der Waals surface area contributed by atoms with Gasteiger partial charge in [-0.25, -0.2) is 33.4 Å². The number of hydrogen-bond donors (Lipinski definition) is 1. The van der Waals surface area contributed by atoms with Crippen LogP contribution >= 0.6 is 0 Å². The van der Waals surface area contributed by atoms with E-state index in [2.05, 4.69) is 35.9 Å². The van der Waals surface area contributed by atoms with E-state index in [1.165, 1.54) is 23.1 Å². The van der Waals surface area contributed by atoms with Gasteiger partial charge in [0.25, 0.3) is 0 Å². The first-order valence-electron chi connectivity index (χ1n) is 18.6. The van der Waals surface area contributed by atoms with E-state index in [4.69, 9.17) is 19.4 Å². The summed E-state index contributed by atoms with van der Waals surface area (Å²) in [4.78, 5) is 39.8. The molecule has 3 aliphatic heterocycles. The molecule has 4 bridgehead atoms. The van der Waals surface area contributed by atoms with Crippen molar-refractivity contribution >= 4 is 39.6 Å². The van der Waals surface area contributed by atoms with Crippen molar-refractivity contribution in [3.05, 3.63) is 84.6 Å². The maximum absolute atomic E-state index is 14.9. The summed E-state index contributed by atoms with van der Waals surface area (Å²) in [5, 5.41) is 8.56. The molecule has 2 saturated heterocycles. The number of anilines is 2. The minimum Gasteiger partial charge on any atom is -0.379 e. The molecule has 3 aliphatic rings. The molecule has 1 N–H and O–H groups in total. The van der Waals surface area contributed by atoms with Crippen LogP contribution in [0.4, 0.5) is 20.4 Å². The van der Waals surface area contributed by atoms with Crippen LogP contribution in [0.5, 0.6) is 0 Å². The van der Waals surface area contributed by atoms with E-state index in [1.807, 2.05) is 49.2 Å². The van der Waals surface area contributed by atoms with E-state index in [0.29, 0.717) is 68.5 Å². The lowest BCUT2D eigenvalue weighted by Gasteiger charge is -2.32. The largest absolute Gasteiger partial charge is 0.379 e. The number of likely N-dealkylation sites (N-methyl/N-ethyl adjacent to an activating group) is 1. The van der Waals surface area contributed by atoms with E-state index in [1.54, 1.807) is 11.1 Å². The van der Waals surface area contributed by atoms with Gasteiger partial charge in [-0.2, -0.15) is 5.10 Å². The molecule has 6 aromatic rings. The zero-order valence-electron chi connectivity index (χ0n) is 30.6. The number of aromatic nitrogens is 7.